The lowest BCUT2D eigenvalue weighted by molar-refractivity contribution is 0.197. The highest BCUT2D eigenvalue weighted by Crippen LogP contribution is 2.17. The summed E-state index contributed by atoms with van der Waals surface area (Å²) in [5.74, 6) is 3.52. The van der Waals surface area contributed by atoms with Gasteiger partial charge in [0.25, 0.3) is 0 Å². The van der Waals surface area contributed by atoms with Gasteiger partial charge >= 0.3 is 0 Å². The van der Waals surface area contributed by atoms with Gasteiger partial charge in [0.1, 0.15) is 5.82 Å². The lowest BCUT2D eigenvalue weighted by atomic mass is 10.1. The van der Waals surface area contributed by atoms with Gasteiger partial charge in [-0.3, -0.25) is 0 Å². The summed E-state index contributed by atoms with van der Waals surface area (Å²) in [7, 11) is 0. The number of rotatable bonds is 5. The van der Waals surface area contributed by atoms with Crippen molar-refractivity contribution in [1.29, 1.82) is 0 Å². The van der Waals surface area contributed by atoms with E-state index in [0.717, 1.165) is 28.6 Å². The van der Waals surface area contributed by atoms with Gasteiger partial charge < -0.3 is 5.11 Å². The molecule has 0 saturated heterocycles. The highest BCUT2D eigenvalue weighted by molar-refractivity contribution is 7.98. The standard InChI is InChI=1S/C12H20N2OS/c1-8(2)6-16-7-12-13-5-11(10(4)15)9(3)14-12/h5,8,10,15H,6-7H2,1-4H3/t10-/m1/s1. The van der Waals surface area contributed by atoms with Crippen LogP contribution < -0.4 is 0 Å². The molecule has 4 heteroatoms. The highest BCUT2D eigenvalue weighted by atomic mass is 32.2. The molecule has 90 valence electrons. The molecule has 0 radical (unpaired) electrons. The zero-order valence-electron chi connectivity index (χ0n) is 10.4. The highest BCUT2D eigenvalue weighted by Gasteiger charge is 2.08. The third-order valence-corrected chi connectivity index (χ3v) is 3.56. The predicted octanol–water partition coefficient (Wildman–Crippen LogP) is 2.73. The molecule has 16 heavy (non-hydrogen) atoms. The summed E-state index contributed by atoms with van der Waals surface area (Å²) in [6, 6.07) is 0. The summed E-state index contributed by atoms with van der Waals surface area (Å²) in [6.45, 7) is 8.06. The number of aryl methyl sites for hydroxylation is 1. The molecule has 0 unspecified atom stereocenters. The number of nitrogens with zero attached hydrogens (tertiary/aromatic N) is 2. The molecule has 1 atom stereocenters. The van der Waals surface area contributed by atoms with Crippen molar-refractivity contribution in [3.63, 3.8) is 0 Å². The summed E-state index contributed by atoms with van der Waals surface area (Å²) in [5, 5.41) is 9.46. The zero-order chi connectivity index (χ0) is 12.1. The summed E-state index contributed by atoms with van der Waals surface area (Å²) in [4.78, 5) is 8.66. The van der Waals surface area contributed by atoms with Crippen LogP contribution in [0.1, 0.15) is 44.0 Å². The molecule has 0 aliphatic heterocycles. The Morgan fingerprint density at radius 3 is 2.56 bits per heavy atom. The van der Waals surface area contributed by atoms with Gasteiger partial charge in [0.15, 0.2) is 0 Å². The Labute approximate surface area is 102 Å². The minimum atomic E-state index is -0.489. The molecule has 1 aromatic rings. The fourth-order valence-electron chi connectivity index (χ4n) is 1.39. The number of thioether (sulfide) groups is 1. The minimum Gasteiger partial charge on any atom is -0.389 e. The second kappa shape index (κ2) is 6.21. The van der Waals surface area contributed by atoms with Crippen LogP contribution in [0.25, 0.3) is 0 Å². The summed E-state index contributed by atoms with van der Waals surface area (Å²) >= 11 is 1.85. The van der Waals surface area contributed by atoms with Crippen LogP contribution in [0.15, 0.2) is 6.20 Å². The average Bonchev–Trinajstić information content (AvgIpc) is 2.16. The Morgan fingerprint density at radius 1 is 1.38 bits per heavy atom. The summed E-state index contributed by atoms with van der Waals surface area (Å²) in [6.07, 6.45) is 1.25. The number of aliphatic hydroxyl groups excluding tert-OH is 1. The van der Waals surface area contributed by atoms with Gasteiger partial charge in [0, 0.05) is 17.5 Å². The first-order chi connectivity index (χ1) is 7.50. The number of aromatic nitrogens is 2. The number of hydrogen-bond acceptors (Lipinski definition) is 4. The lowest BCUT2D eigenvalue weighted by Gasteiger charge is -2.09. The molecule has 3 nitrogen and oxygen atoms in total. The van der Waals surface area contributed by atoms with Gasteiger partial charge in [-0.25, -0.2) is 9.97 Å². The lowest BCUT2D eigenvalue weighted by Crippen LogP contribution is -2.03. The quantitative estimate of drug-likeness (QED) is 0.859. The molecule has 1 aromatic heterocycles. The van der Waals surface area contributed by atoms with Crippen molar-refractivity contribution in [2.24, 2.45) is 5.92 Å². The Hall–Kier alpha value is -0.610. The maximum atomic E-state index is 9.46. The van der Waals surface area contributed by atoms with E-state index in [1.807, 2.05) is 18.7 Å². The van der Waals surface area contributed by atoms with Gasteiger partial charge in [0.2, 0.25) is 0 Å². The zero-order valence-corrected chi connectivity index (χ0v) is 11.2. The molecule has 0 saturated carbocycles. The van der Waals surface area contributed by atoms with E-state index in [9.17, 15) is 5.11 Å². The largest absolute Gasteiger partial charge is 0.389 e. The first kappa shape index (κ1) is 13.5. The molecule has 0 fully saturated rings. The van der Waals surface area contributed by atoms with Crippen molar-refractivity contribution >= 4 is 11.8 Å². The van der Waals surface area contributed by atoms with Crippen molar-refractivity contribution in [3.05, 3.63) is 23.3 Å². The minimum absolute atomic E-state index is 0.489. The molecular formula is C12H20N2OS. The third-order valence-electron chi connectivity index (χ3n) is 2.20. The van der Waals surface area contributed by atoms with Gasteiger partial charge in [-0.15, -0.1) is 0 Å². The Bertz CT molecular complexity index is 340. The molecule has 1 N–H and O–H groups in total. The maximum absolute atomic E-state index is 9.46. The van der Waals surface area contributed by atoms with Crippen molar-refractivity contribution < 1.29 is 5.11 Å². The molecule has 0 amide bonds. The van der Waals surface area contributed by atoms with E-state index in [2.05, 4.69) is 23.8 Å². The van der Waals surface area contributed by atoms with Crippen LogP contribution in [0.2, 0.25) is 0 Å². The van der Waals surface area contributed by atoms with E-state index >= 15 is 0 Å². The normalized spacial score (nSPS) is 13.1. The Balaban J connectivity index is 2.59. The van der Waals surface area contributed by atoms with Crippen molar-refractivity contribution in [1.82, 2.24) is 9.97 Å². The summed E-state index contributed by atoms with van der Waals surface area (Å²) < 4.78 is 0. The molecule has 0 aliphatic rings. The van der Waals surface area contributed by atoms with E-state index in [1.54, 1.807) is 13.1 Å². The first-order valence-corrected chi connectivity index (χ1v) is 6.74. The molecule has 0 spiro atoms. The second-order valence-electron chi connectivity index (χ2n) is 4.41. The van der Waals surface area contributed by atoms with Gasteiger partial charge in [-0.2, -0.15) is 11.8 Å². The SMILES string of the molecule is Cc1nc(CSCC(C)C)ncc1[C@@H](C)O. The van der Waals surface area contributed by atoms with Gasteiger partial charge in [0.05, 0.1) is 11.9 Å². The molecule has 0 aromatic carbocycles. The van der Waals surface area contributed by atoms with Crippen LogP contribution in [0.5, 0.6) is 0 Å². The van der Waals surface area contributed by atoms with E-state index in [0.29, 0.717) is 5.92 Å². The van der Waals surface area contributed by atoms with Crippen LogP contribution in [0, 0.1) is 12.8 Å². The molecule has 1 rings (SSSR count). The van der Waals surface area contributed by atoms with E-state index in [-0.39, 0.29) is 0 Å². The van der Waals surface area contributed by atoms with E-state index in [1.165, 1.54) is 0 Å². The number of aliphatic hydroxyl groups is 1. The van der Waals surface area contributed by atoms with E-state index < -0.39 is 6.10 Å². The molecule has 0 bridgehead atoms. The van der Waals surface area contributed by atoms with Crippen molar-refractivity contribution in [3.8, 4) is 0 Å². The molecule has 1 heterocycles. The second-order valence-corrected chi connectivity index (χ2v) is 5.44. The average molecular weight is 240 g/mol. The van der Waals surface area contributed by atoms with Crippen molar-refractivity contribution in [2.75, 3.05) is 5.75 Å². The van der Waals surface area contributed by atoms with Crippen LogP contribution in [-0.2, 0) is 5.75 Å². The molecule has 0 aliphatic carbocycles. The fourth-order valence-corrected chi connectivity index (χ4v) is 2.30. The van der Waals surface area contributed by atoms with Crippen LogP contribution in [0.4, 0.5) is 0 Å². The Kier molecular flexibility index (Phi) is 5.22. The van der Waals surface area contributed by atoms with Crippen LogP contribution in [-0.4, -0.2) is 20.8 Å². The van der Waals surface area contributed by atoms with Crippen molar-refractivity contribution in [2.45, 2.75) is 39.6 Å². The van der Waals surface area contributed by atoms with E-state index in [4.69, 9.17) is 0 Å². The Morgan fingerprint density at radius 2 is 2.06 bits per heavy atom. The maximum Gasteiger partial charge on any atom is 0.138 e. The van der Waals surface area contributed by atoms with Gasteiger partial charge in [-0.1, -0.05) is 13.8 Å². The van der Waals surface area contributed by atoms with Crippen LogP contribution in [0.3, 0.4) is 0 Å². The first-order valence-electron chi connectivity index (χ1n) is 5.59. The third kappa shape index (κ3) is 4.10. The van der Waals surface area contributed by atoms with Crippen LogP contribution >= 0.6 is 11.8 Å². The number of hydrogen-bond donors (Lipinski definition) is 1. The summed E-state index contributed by atoms with van der Waals surface area (Å²) in [5.41, 5.74) is 1.70. The monoisotopic (exact) mass is 240 g/mol. The predicted molar refractivity (Wildman–Crippen MR) is 68.4 cm³/mol. The molecular weight excluding hydrogens is 220 g/mol. The topological polar surface area (TPSA) is 46.0 Å². The smallest absolute Gasteiger partial charge is 0.138 e. The fraction of sp³-hybridized carbons (Fsp3) is 0.667. The van der Waals surface area contributed by atoms with Gasteiger partial charge in [-0.05, 0) is 25.5 Å².